The Bertz CT molecular complexity index is 994. The predicted molar refractivity (Wildman–Crippen MR) is 104 cm³/mol. The zero-order valence-corrected chi connectivity index (χ0v) is 16.5. The number of nitrogens with one attached hydrogen (secondary N) is 2. The first-order chi connectivity index (χ1) is 14.1. The van der Waals surface area contributed by atoms with Gasteiger partial charge in [-0.3, -0.25) is 14.6 Å². The topological polar surface area (TPSA) is 120 Å². The van der Waals surface area contributed by atoms with Crippen molar-refractivity contribution in [1.29, 1.82) is 0 Å². The van der Waals surface area contributed by atoms with Gasteiger partial charge in [-0.05, 0) is 32.6 Å². The van der Waals surface area contributed by atoms with Gasteiger partial charge in [0.15, 0.2) is 5.69 Å². The number of ether oxygens (including phenoxy) is 1. The molecule has 2 aromatic heterocycles. The molecule has 2 aromatic rings. The lowest BCUT2D eigenvalue weighted by Gasteiger charge is -2.40. The number of H-pyrrole nitrogens is 2. The Balaban J connectivity index is 1.48. The molecular weight excluding hydrogens is 374 g/mol. The van der Waals surface area contributed by atoms with Gasteiger partial charge in [0.1, 0.15) is 0 Å². The highest BCUT2D eigenvalue weighted by atomic mass is 16.5. The normalized spacial score (nSPS) is 24.2. The molecule has 154 valence electrons. The third-order valence-corrected chi connectivity index (χ3v) is 6.46. The molecule has 1 amide bonds. The maximum Gasteiger partial charge on any atom is 0.276 e. The molecule has 2 saturated heterocycles. The summed E-state index contributed by atoms with van der Waals surface area (Å²) < 4.78 is 5.42. The van der Waals surface area contributed by atoms with Crippen LogP contribution in [0.4, 0.5) is 5.95 Å². The van der Waals surface area contributed by atoms with Crippen molar-refractivity contribution >= 4 is 11.9 Å². The van der Waals surface area contributed by atoms with Crippen LogP contribution in [0.2, 0.25) is 0 Å². The average molecular weight is 399 g/mol. The van der Waals surface area contributed by atoms with Crippen LogP contribution < -0.4 is 10.5 Å². The van der Waals surface area contributed by atoms with Crippen LogP contribution in [0.3, 0.4) is 0 Å². The van der Waals surface area contributed by atoms with Gasteiger partial charge in [0.05, 0.1) is 24.6 Å². The molecule has 5 rings (SSSR count). The number of nitrogens with zero attached hydrogens (tertiary/aromatic N) is 5. The Morgan fingerprint density at radius 1 is 1.17 bits per heavy atom. The van der Waals surface area contributed by atoms with E-state index < -0.39 is 0 Å². The van der Waals surface area contributed by atoms with E-state index in [0.29, 0.717) is 63.1 Å². The van der Waals surface area contributed by atoms with Crippen molar-refractivity contribution < 1.29 is 9.53 Å². The van der Waals surface area contributed by atoms with Gasteiger partial charge >= 0.3 is 0 Å². The molecule has 29 heavy (non-hydrogen) atoms. The Morgan fingerprint density at radius 2 is 2.00 bits per heavy atom. The fourth-order valence-electron chi connectivity index (χ4n) is 4.90. The zero-order valence-electron chi connectivity index (χ0n) is 16.5. The third kappa shape index (κ3) is 3.02. The standard InChI is InChI=1S/C19H25N7O3/c1-12-14(23-24-22-12)17(28)26-6-2-4-19(11-26)5-3-13-15(19)20-18(21-16(13)27)25-7-9-29-10-8-25/h2-11H2,1H3,(H,20,21,27)(H,22,23,24). The molecule has 10 nitrogen and oxygen atoms in total. The second-order valence-corrected chi connectivity index (χ2v) is 8.18. The lowest BCUT2D eigenvalue weighted by atomic mass is 9.77. The lowest BCUT2D eigenvalue weighted by Crippen LogP contribution is -2.48. The summed E-state index contributed by atoms with van der Waals surface area (Å²) >= 11 is 0. The Hall–Kier alpha value is -2.75. The Labute approximate surface area is 167 Å². The first-order valence-corrected chi connectivity index (χ1v) is 10.2. The van der Waals surface area contributed by atoms with E-state index in [1.54, 1.807) is 6.92 Å². The molecule has 2 N–H and O–H groups in total. The number of carbonyl (C=O) groups excluding carboxylic acids is 1. The Kier molecular flexibility index (Phi) is 4.38. The van der Waals surface area contributed by atoms with Crippen molar-refractivity contribution in [3.05, 3.63) is 33.0 Å². The van der Waals surface area contributed by atoms with Gasteiger partial charge in [-0.25, -0.2) is 4.98 Å². The number of morpholine rings is 1. The number of fused-ring (bicyclic) bond motifs is 2. The van der Waals surface area contributed by atoms with Gasteiger partial charge in [-0.15, -0.1) is 0 Å². The molecule has 2 fully saturated rings. The van der Waals surface area contributed by atoms with Crippen LogP contribution in [-0.2, 0) is 16.6 Å². The predicted octanol–water partition coefficient (Wildman–Crippen LogP) is 0.153. The first-order valence-electron chi connectivity index (χ1n) is 10.2. The minimum Gasteiger partial charge on any atom is -0.378 e. The fourth-order valence-corrected chi connectivity index (χ4v) is 4.90. The van der Waals surface area contributed by atoms with Gasteiger partial charge in [-0.1, -0.05) is 0 Å². The van der Waals surface area contributed by atoms with E-state index in [2.05, 4.69) is 25.3 Å². The molecular formula is C19H25N7O3. The summed E-state index contributed by atoms with van der Waals surface area (Å²) in [4.78, 5) is 37.6. The smallest absolute Gasteiger partial charge is 0.276 e. The molecule has 4 heterocycles. The summed E-state index contributed by atoms with van der Waals surface area (Å²) in [7, 11) is 0. The number of hydrogen-bond acceptors (Lipinski definition) is 7. The number of amides is 1. The summed E-state index contributed by atoms with van der Waals surface area (Å²) in [6.45, 7) is 5.70. The minimum absolute atomic E-state index is 0.0517. The molecule has 0 radical (unpaired) electrons. The van der Waals surface area contributed by atoms with Crippen LogP contribution in [0.25, 0.3) is 0 Å². The first kappa shape index (κ1) is 18.3. The van der Waals surface area contributed by atoms with Gasteiger partial charge in [0.2, 0.25) is 5.95 Å². The van der Waals surface area contributed by atoms with Crippen LogP contribution in [0, 0.1) is 6.92 Å². The quantitative estimate of drug-likeness (QED) is 0.738. The van der Waals surface area contributed by atoms with Crippen molar-refractivity contribution in [3.63, 3.8) is 0 Å². The average Bonchev–Trinajstić information content (AvgIpc) is 3.32. The maximum absolute atomic E-state index is 13.0. The molecule has 1 spiro atoms. The summed E-state index contributed by atoms with van der Waals surface area (Å²) in [5, 5.41) is 10.5. The summed E-state index contributed by atoms with van der Waals surface area (Å²) in [5.74, 6) is 0.510. The SMILES string of the molecule is Cc1n[nH]nc1C(=O)N1CCCC2(CCc3c2nc(N2CCOCC2)[nH]c3=O)C1. The van der Waals surface area contributed by atoms with Gasteiger partial charge in [0.25, 0.3) is 11.5 Å². The molecule has 1 aliphatic carbocycles. The molecule has 3 aliphatic rings. The highest BCUT2D eigenvalue weighted by molar-refractivity contribution is 5.93. The van der Waals surface area contributed by atoms with Gasteiger partial charge in [0, 0.05) is 37.2 Å². The van der Waals surface area contributed by atoms with E-state index in [1.165, 1.54) is 0 Å². The van der Waals surface area contributed by atoms with E-state index in [9.17, 15) is 9.59 Å². The molecule has 10 heteroatoms. The molecule has 0 saturated carbocycles. The van der Waals surface area contributed by atoms with Gasteiger partial charge < -0.3 is 14.5 Å². The lowest BCUT2D eigenvalue weighted by molar-refractivity contribution is 0.0626. The summed E-state index contributed by atoms with van der Waals surface area (Å²) in [5.41, 5.74) is 2.30. The number of aryl methyl sites for hydroxylation is 1. The fraction of sp³-hybridized carbons (Fsp3) is 0.632. The van der Waals surface area contributed by atoms with Crippen molar-refractivity contribution in [1.82, 2.24) is 30.3 Å². The molecule has 0 aromatic carbocycles. The van der Waals surface area contributed by atoms with Crippen molar-refractivity contribution in [2.75, 3.05) is 44.3 Å². The van der Waals surface area contributed by atoms with E-state index in [0.717, 1.165) is 30.5 Å². The van der Waals surface area contributed by atoms with E-state index in [-0.39, 0.29) is 16.9 Å². The van der Waals surface area contributed by atoms with Crippen LogP contribution in [0.1, 0.15) is 46.7 Å². The largest absolute Gasteiger partial charge is 0.378 e. The van der Waals surface area contributed by atoms with E-state index in [1.807, 2.05) is 4.90 Å². The van der Waals surface area contributed by atoms with Crippen LogP contribution >= 0.6 is 0 Å². The molecule has 0 bridgehead atoms. The Morgan fingerprint density at radius 3 is 2.76 bits per heavy atom. The second kappa shape index (κ2) is 6.94. The highest BCUT2D eigenvalue weighted by Crippen LogP contribution is 2.43. The number of anilines is 1. The van der Waals surface area contributed by atoms with Crippen molar-refractivity contribution in [2.24, 2.45) is 0 Å². The number of piperidine rings is 1. The zero-order chi connectivity index (χ0) is 20.0. The second-order valence-electron chi connectivity index (χ2n) is 8.18. The maximum atomic E-state index is 13.0. The number of aromatic nitrogens is 5. The highest BCUT2D eigenvalue weighted by Gasteiger charge is 2.46. The van der Waals surface area contributed by atoms with Gasteiger partial charge in [-0.2, -0.15) is 15.4 Å². The van der Waals surface area contributed by atoms with Crippen LogP contribution in [0.15, 0.2) is 4.79 Å². The number of aromatic amines is 2. The molecule has 2 aliphatic heterocycles. The number of carbonyl (C=O) groups is 1. The third-order valence-electron chi connectivity index (χ3n) is 6.46. The van der Waals surface area contributed by atoms with Crippen LogP contribution in [0.5, 0.6) is 0 Å². The van der Waals surface area contributed by atoms with Crippen molar-refractivity contribution in [3.8, 4) is 0 Å². The number of likely N-dealkylation sites (tertiary alicyclic amines) is 1. The van der Waals surface area contributed by atoms with Crippen molar-refractivity contribution in [2.45, 2.75) is 38.0 Å². The number of hydrogen-bond donors (Lipinski definition) is 2. The summed E-state index contributed by atoms with van der Waals surface area (Å²) in [6, 6.07) is 0. The summed E-state index contributed by atoms with van der Waals surface area (Å²) in [6.07, 6.45) is 3.35. The van der Waals surface area contributed by atoms with E-state index in [4.69, 9.17) is 9.72 Å². The number of rotatable bonds is 2. The van der Waals surface area contributed by atoms with E-state index >= 15 is 0 Å². The minimum atomic E-state index is -0.268. The van der Waals surface area contributed by atoms with Crippen LogP contribution in [-0.4, -0.2) is 75.6 Å². The molecule has 1 atom stereocenters. The molecule has 1 unspecified atom stereocenters. The monoisotopic (exact) mass is 399 g/mol.